The van der Waals surface area contributed by atoms with Gasteiger partial charge in [-0.1, -0.05) is 25.4 Å². The van der Waals surface area contributed by atoms with Crippen LogP contribution in [0.3, 0.4) is 0 Å². The standard InChI is InChI=1S/C18H24ClN5S/c1-13(2)16-12-25-17(22-16)11-21-18(20)24-9-7-23(8-10-24)15-5-3-14(19)4-6-15/h3-6,12-13H,7-11H2,1-2H3,(H2,20,21). The van der Waals surface area contributed by atoms with Crippen molar-refractivity contribution in [2.24, 2.45) is 10.7 Å². The van der Waals surface area contributed by atoms with Gasteiger partial charge in [0.25, 0.3) is 0 Å². The van der Waals surface area contributed by atoms with Crippen LogP contribution in [-0.4, -0.2) is 42.0 Å². The summed E-state index contributed by atoms with van der Waals surface area (Å²) < 4.78 is 0. The quantitative estimate of drug-likeness (QED) is 0.653. The van der Waals surface area contributed by atoms with E-state index in [1.165, 1.54) is 5.69 Å². The molecule has 0 atom stereocenters. The van der Waals surface area contributed by atoms with Gasteiger partial charge in [-0.2, -0.15) is 0 Å². The third-order valence-electron chi connectivity index (χ3n) is 4.33. The molecule has 0 aliphatic carbocycles. The maximum Gasteiger partial charge on any atom is 0.191 e. The summed E-state index contributed by atoms with van der Waals surface area (Å²) in [6.07, 6.45) is 0. The summed E-state index contributed by atoms with van der Waals surface area (Å²) in [5, 5.41) is 3.89. The molecule has 134 valence electrons. The van der Waals surface area contributed by atoms with E-state index < -0.39 is 0 Å². The van der Waals surface area contributed by atoms with Crippen LogP contribution >= 0.6 is 22.9 Å². The van der Waals surface area contributed by atoms with Gasteiger partial charge in [-0.05, 0) is 30.2 Å². The first kappa shape index (κ1) is 18.0. The summed E-state index contributed by atoms with van der Waals surface area (Å²) in [5.74, 6) is 1.06. The number of nitrogens with zero attached hydrogens (tertiary/aromatic N) is 4. The number of anilines is 1. The number of halogens is 1. The van der Waals surface area contributed by atoms with Gasteiger partial charge in [0.2, 0.25) is 0 Å². The number of nitrogens with two attached hydrogens (primary N) is 1. The molecular formula is C18H24ClN5S. The van der Waals surface area contributed by atoms with E-state index in [4.69, 9.17) is 17.3 Å². The van der Waals surface area contributed by atoms with Gasteiger partial charge in [0, 0.05) is 42.3 Å². The summed E-state index contributed by atoms with van der Waals surface area (Å²) in [7, 11) is 0. The highest BCUT2D eigenvalue weighted by atomic mass is 35.5. The molecule has 1 aromatic heterocycles. The number of thiazole rings is 1. The molecule has 0 bridgehead atoms. The van der Waals surface area contributed by atoms with Crippen molar-refractivity contribution in [3.63, 3.8) is 0 Å². The maximum atomic E-state index is 6.18. The third kappa shape index (κ3) is 4.64. The lowest BCUT2D eigenvalue weighted by Gasteiger charge is -2.36. The van der Waals surface area contributed by atoms with Gasteiger partial charge >= 0.3 is 0 Å². The molecule has 1 fully saturated rings. The van der Waals surface area contributed by atoms with Crippen molar-refractivity contribution in [3.05, 3.63) is 45.4 Å². The Hall–Kier alpha value is -1.79. The maximum absolute atomic E-state index is 6.18. The smallest absolute Gasteiger partial charge is 0.191 e. The number of rotatable bonds is 4. The molecule has 1 aliphatic heterocycles. The van der Waals surface area contributed by atoms with Gasteiger partial charge in [0.05, 0.1) is 12.2 Å². The van der Waals surface area contributed by atoms with Crippen LogP contribution in [0.4, 0.5) is 5.69 Å². The Morgan fingerprint density at radius 2 is 1.92 bits per heavy atom. The minimum Gasteiger partial charge on any atom is -0.370 e. The second-order valence-electron chi connectivity index (χ2n) is 6.45. The van der Waals surface area contributed by atoms with E-state index in [2.05, 4.69) is 51.1 Å². The first-order valence-corrected chi connectivity index (χ1v) is 9.78. The van der Waals surface area contributed by atoms with E-state index in [9.17, 15) is 0 Å². The van der Waals surface area contributed by atoms with Crippen LogP contribution in [0, 0.1) is 0 Å². The summed E-state index contributed by atoms with van der Waals surface area (Å²) in [6.45, 7) is 8.44. The zero-order valence-corrected chi connectivity index (χ0v) is 16.2. The third-order valence-corrected chi connectivity index (χ3v) is 5.44. The monoisotopic (exact) mass is 377 g/mol. The summed E-state index contributed by atoms with van der Waals surface area (Å²) in [6, 6.07) is 7.98. The van der Waals surface area contributed by atoms with Crippen molar-refractivity contribution in [2.75, 3.05) is 31.1 Å². The summed E-state index contributed by atoms with van der Waals surface area (Å²) >= 11 is 7.61. The molecule has 1 aliphatic rings. The van der Waals surface area contributed by atoms with Gasteiger partial charge in [-0.25, -0.2) is 9.98 Å². The van der Waals surface area contributed by atoms with E-state index in [0.717, 1.165) is 41.9 Å². The number of aromatic nitrogens is 1. The molecule has 3 rings (SSSR count). The Balaban J connectivity index is 1.53. The van der Waals surface area contributed by atoms with Gasteiger partial charge in [0.1, 0.15) is 5.01 Å². The first-order chi connectivity index (χ1) is 12.0. The predicted molar refractivity (Wildman–Crippen MR) is 107 cm³/mol. The van der Waals surface area contributed by atoms with Gasteiger partial charge in [-0.3, -0.25) is 0 Å². The number of guanidine groups is 1. The van der Waals surface area contributed by atoms with Gasteiger partial charge in [-0.15, -0.1) is 11.3 Å². The van der Waals surface area contributed by atoms with Crippen molar-refractivity contribution in [2.45, 2.75) is 26.3 Å². The second-order valence-corrected chi connectivity index (χ2v) is 7.82. The van der Waals surface area contributed by atoms with Crippen LogP contribution in [0.1, 0.15) is 30.5 Å². The van der Waals surface area contributed by atoms with E-state index in [1.807, 2.05) is 12.1 Å². The molecule has 2 heterocycles. The van der Waals surface area contributed by atoms with Crippen molar-refractivity contribution >= 4 is 34.6 Å². The molecule has 5 nitrogen and oxygen atoms in total. The lowest BCUT2D eigenvalue weighted by Crippen LogP contribution is -2.51. The van der Waals surface area contributed by atoms with Crippen molar-refractivity contribution in [1.29, 1.82) is 0 Å². The van der Waals surface area contributed by atoms with Gasteiger partial charge < -0.3 is 15.5 Å². The van der Waals surface area contributed by atoms with Crippen molar-refractivity contribution in [1.82, 2.24) is 9.88 Å². The average molecular weight is 378 g/mol. The topological polar surface area (TPSA) is 57.8 Å². The lowest BCUT2D eigenvalue weighted by atomic mass is 10.2. The lowest BCUT2D eigenvalue weighted by molar-refractivity contribution is 0.380. The minimum absolute atomic E-state index is 0.451. The fourth-order valence-electron chi connectivity index (χ4n) is 2.76. The molecule has 0 spiro atoms. The Labute approximate surface area is 158 Å². The summed E-state index contributed by atoms with van der Waals surface area (Å²) in [4.78, 5) is 13.6. The van der Waals surface area contributed by atoms with Crippen molar-refractivity contribution < 1.29 is 0 Å². The van der Waals surface area contributed by atoms with Crippen LogP contribution in [0.2, 0.25) is 5.02 Å². The fourth-order valence-corrected chi connectivity index (χ4v) is 3.76. The number of hydrogen-bond donors (Lipinski definition) is 1. The minimum atomic E-state index is 0.451. The molecule has 0 amide bonds. The number of benzene rings is 1. The molecule has 25 heavy (non-hydrogen) atoms. The van der Waals surface area contributed by atoms with Gasteiger partial charge in [0.15, 0.2) is 5.96 Å². The highest BCUT2D eigenvalue weighted by molar-refractivity contribution is 7.09. The Morgan fingerprint density at radius 3 is 2.52 bits per heavy atom. The van der Waals surface area contributed by atoms with E-state index in [0.29, 0.717) is 18.4 Å². The Kier molecular flexibility index (Phi) is 5.81. The number of hydrogen-bond acceptors (Lipinski definition) is 4. The first-order valence-electron chi connectivity index (χ1n) is 8.52. The molecule has 2 aromatic rings. The predicted octanol–water partition coefficient (Wildman–Crippen LogP) is 3.56. The highest BCUT2D eigenvalue weighted by Crippen LogP contribution is 2.20. The zero-order valence-electron chi connectivity index (χ0n) is 14.7. The van der Waals surface area contributed by atoms with Crippen LogP contribution in [0.5, 0.6) is 0 Å². The number of aliphatic imine (C=N–C) groups is 1. The average Bonchev–Trinajstić information content (AvgIpc) is 3.10. The second kappa shape index (κ2) is 8.06. The zero-order chi connectivity index (χ0) is 17.8. The fraction of sp³-hybridized carbons (Fsp3) is 0.444. The Morgan fingerprint density at radius 1 is 1.24 bits per heavy atom. The van der Waals surface area contributed by atoms with E-state index in [1.54, 1.807) is 11.3 Å². The molecule has 7 heteroatoms. The van der Waals surface area contributed by atoms with Crippen LogP contribution in [0.15, 0.2) is 34.6 Å². The molecular weight excluding hydrogens is 354 g/mol. The summed E-state index contributed by atoms with van der Waals surface area (Å²) in [5.41, 5.74) is 8.51. The molecule has 1 saturated heterocycles. The van der Waals surface area contributed by atoms with E-state index >= 15 is 0 Å². The van der Waals surface area contributed by atoms with Crippen LogP contribution < -0.4 is 10.6 Å². The molecule has 1 aromatic carbocycles. The molecule has 0 radical (unpaired) electrons. The Bertz CT molecular complexity index is 717. The highest BCUT2D eigenvalue weighted by Gasteiger charge is 2.18. The number of piperazine rings is 1. The van der Waals surface area contributed by atoms with Crippen LogP contribution in [0.25, 0.3) is 0 Å². The molecule has 0 unspecified atom stereocenters. The van der Waals surface area contributed by atoms with Crippen LogP contribution in [-0.2, 0) is 6.54 Å². The molecule has 2 N–H and O–H groups in total. The SMILES string of the molecule is CC(C)c1csc(CN=C(N)N2CCN(c3ccc(Cl)cc3)CC2)n1. The van der Waals surface area contributed by atoms with E-state index in [-0.39, 0.29) is 0 Å². The largest absolute Gasteiger partial charge is 0.370 e. The van der Waals surface area contributed by atoms with Crippen molar-refractivity contribution in [3.8, 4) is 0 Å². The molecule has 0 saturated carbocycles. The normalized spacial score (nSPS) is 15.9.